The van der Waals surface area contributed by atoms with Gasteiger partial charge < -0.3 is 39.3 Å². The summed E-state index contributed by atoms with van der Waals surface area (Å²) in [5.74, 6) is -1.05. The minimum Gasteiger partial charge on any atom is -0.444 e. The predicted molar refractivity (Wildman–Crippen MR) is 158 cm³/mol. The van der Waals surface area contributed by atoms with Crippen molar-refractivity contribution in [3.63, 3.8) is 0 Å². The molecule has 222 valence electrons. The van der Waals surface area contributed by atoms with Crippen LogP contribution in [0.2, 0.25) is 0 Å². The standard InChI is InChI=1S/C28H40N8O5/c1-28(2,3)41-27(40)32-20-14-23(36(8)17-20)26(39)31-19-13-22(35(7)16-19)25(38)30-18-12-21(34(6)15-18)24(37)29-10-9-11-33(4)5/h12-17H,9-11H2,1-8H3,(H,29,37)(H,30,38)(H,31,39)(H,32,40). The monoisotopic (exact) mass is 568 g/mol. The molecule has 4 amide bonds. The van der Waals surface area contributed by atoms with Gasteiger partial charge in [-0.15, -0.1) is 0 Å². The Kier molecular flexibility index (Phi) is 9.66. The van der Waals surface area contributed by atoms with E-state index in [1.54, 1.807) is 86.3 Å². The summed E-state index contributed by atoms with van der Waals surface area (Å²) < 4.78 is 10.1. The Hall–Kier alpha value is -4.52. The van der Waals surface area contributed by atoms with Crippen LogP contribution in [0.15, 0.2) is 36.8 Å². The predicted octanol–water partition coefficient (Wildman–Crippen LogP) is 3.24. The molecule has 0 aliphatic heterocycles. The first-order valence-corrected chi connectivity index (χ1v) is 13.2. The molecule has 3 rings (SSSR count). The van der Waals surface area contributed by atoms with Gasteiger partial charge in [-0.2, -0.15) is 0 Å². The van der Waals surface area contributed by atoms with Crippen molar-refractivity contribution in [2.45, 2.75) is 32.8 Å². The second-order valence-electron chi connectivity index (χ2n) is 11.1. The van der Waals surface area contributed by atoms with Gasteiger partial charge in [0.05, 0.1) is 17.1 Å². The highest BCUT2D eigenvalue weighted by atomic mass is 16.6. The van der Waals surface area contributed by atoms with Crippen molar-refractivity contribution in [3.05, 3.63) is 53.9 Å². The lowest BCUT2D eigenvalue weighted by molar-refractivity contribution is 0.0635. The Morgan fingerprint density at radius 1 is 0.732 bits per heavy atom. The summed E-state index contributed by atoms with van der Waals surface area (Å²) in [7, 11) is 9.05. The van der Waals surface area contributed by atoms with E-state index in [0.717, 1.165) is 13.0 Å². The Morgan fingerprint density at radius 2 is 1.15 bits per heavy atom. The number of rotatable bonds is 10. The average Bonchev–Trinajstić information content (AvgIpc) is 3.51. The molecule has 3 heterocycles. The third-order valence-electron chi connectivity index (χ3n) is 5.94. The summed E-state index contributed by atoms with van der Waals surface area (Å²) in [6.07, 6.45) is 5.08. The molecule has 13 heteroatoms. The lowest BCUT2D eigenvalue weighted by Crippen LogP contribution is -2.28. The van der Waals surface area contributed by atoms with E-state index in [0.29, 0.717) is 40.7 Å². The molecular weight excluding hydrogens is 528 g/mol. The number of hydrogen-bond donors (Lipinski definition) is 4. The van der Waals surface area contributed by atoms with Gasteiger partial charge in [0.1, 0.15) is 22.7 Å². The molecule has 41 heavy (non-hydrogen) atoms. The third-order valence-corrected chi connectivity index (χ3v) is 5.94. The van der Waals surface area contributed by atoms with Crippen LogP contribution in [0.5, 0.6) is 0 Å². The van der Waals surface area contributed by atoms with Gasteiger partial charge in [0.15, 0.2) is 0 Å². The number of carbonyl (C=O) groups excluding carboxylic acids is 4. The van der Waals surface area contributed by atoms with Crippen molar-refractivity contribution >= 4 is 40.9 Å². The van der Waals surface area contributed by atoms with Crippen LogP contribution in [0.4, 0.5) is 21.9 Å². The Bertz CT molecular complexity index is 1420. The normalized spacial score (nSPS) is 11.3. The van der Waals surface area contributed by atoms with Crippen LogP contribution in [0.25, 0.3) is 0 Å². The second-order valence-corrected chi connectivity index (χ2v) is 11.1. The lowest BCUT2D eigenvalue weighted by atomic mass is 10.2. The van der Waals surface area contributed by atoms with E-state index >= 15 is 0 Å². The minimum absolute atomic E-state index is 0.222. The summed E-state index contributed by atoms with van der Waals surface area (Å²) in [6.45, 7) is 6.69. The van der Waals surface area contributed by atoms with Crippen LogP contribution in [-0.2, 0) is 25.9 Å². The fraction of sp³-hybridized carbons (Fsp3) is 0.429. The quantitative estimate of drug-likeness (QED) is 0.277. The molecule has 3 aromatic heterocycles. The van der Waals surface area contributed by atoms with Gasteiger partial charge in [-0.25, -0.2) is 4.79 Å². The fourth-order valence-electron chi connectivity index (χ4n) is 4.08. The number of carbonyl (C=O) groups is 4. The van der Waals surface area contributed by atoms with Gasteiger partial charge in [-0.3, -0.25) is 19.7 Å². The van der Waals surface area contributed by atoms with Crippen LogP contribution >= 0.6 is 0 Å². The van der Waals surface area contributed by atoms with E-state index in [-0.39, 0.29) is 5.91 Å². The van der Waals surface area contributed by atoms with Gasteiger partial charge in [0.25, 0.3) is 17.7 Å². The Morgan fingerprint density at radius 3 is 1.56 bits per heavy atom. The van der Waals surface area contributed by atoms with Crippen molar-refractivity contribution in [3.8, 4) is 0 Å². The van der Waals surface area contributed by atoms with Gasteiger partial charge in [0, 0.05) is 46.3 Å². The first-order valence-electron chi connectivity index (χ1n) is 13.2. The lowest BCUT2D eigenvalue weighted by Gasteiger charge is -2.19. The van der Waals surface area contributed by atoms with E-state index in [4.69, 9.17) is 4.74 Å². The molecule has 0 saturated carbocycles. The molecule has 0 aromatic carbocycles. The molecule has 0 unspecified atom stereocenters. The van der Waals surface area contributed by atoms with Crippen molar-refractivity contribution in [1.82, 2.24) is 23.9 Å². The zero-order valence-corrected chi connectivity index (χ0v) is 24.9. The maximum Gasteiger partial charge on any atom is 0.412 e. The average molecular weight is 569 g/mol. The SMILES string of the molecule is CN(C)CCCNC(=O)c1cc(NC(=O)c2cc(NC(=O)c3cc(NC(=O)OC(C)(C)C)cn3C)cn2C)cn1C. The zero-order valence-electron chi connectivity index (χ0n) is 24.9. The van der Waals surface area contributed by atoms with E-state index in [2.05, 4.69) is 21.3 Å². The van der Waals surface area contributed by atoms with Gasteiger partial charge in [-0.1, -0.05) is 0 Å². The number of ether oxygens (including phenoxy) is 1. The number of aryl methyl sites for hydroxylation is 3. The first-order chi connectivity index (χ1) is 19.1. The molecule has 4 N–H and O–H groups in total. The molecule has 3 aromatic rings. The van der Waals surface area contributed by atoms with Crippen molar-refractivity contribution in [2.24, 2.45) is 21.1 Å². The van der Waals surface area contributed by atoms with E-state index in [1.807, 2.05) is 19.0 Å². The van der Waals surface area contributed by atoms with Crippen molar-refractivity contribution in [2.75, 3.05) is 43.1 Å². The van der Waals surface area contributed by atoms with Crippen LogP contribution in [0, 0.1) is 0 Å². The summed E-state index contributed by atoms with van der Waals surface area (Å²) in [5.41, 5.74) is 1.66. The molecule has 0 spiro atoms. The summed E-state index contributed by atoms with van der Waals surface area (Å²) in [4.78, 5) is 52.6. The van der Waals surface area contributed by atoms with Gasteiger partial charge in [0.2, 0.25) is 0 Å². The number of nitrogens with one attached hydrogen (secondary N) is 4. The largest absolute Gasteiger partial charge is 0.444 e. The molecule has 0 radical (unpaired) electrons. The highest BCUT2D eigenvalue weighted by molar-refractivity contribution is 6.07. The first kappa shape index (κ1) is 31.0. The van der Waals surface area contributed by atoms with Crippen molar-refractivity contribution < 1.29 is 23.9 Å². The van der Waals surface area contributed by atoms with Crippen LogP contribution < -0.4 is 21.3 Å². The summed E-state index contributed by atoms with van der Waals surface area (Å²) in [5, 5.41) is 11.1. The number of aromatic nitrogens is 3. The van der Waals surface area contributed by atoms with Crippen LogP contribution in [-0.4, -0.2) is 75.2 Å². The number of hydrogen-bond acceptors (Lipinski definition) is 6. The number of nitrogens with zero attached hydrogens (tertiary/aromatic N) is 4. The Balaban J connectivity index is 1.62. The van der Waals surface area contributed by atoms with E-state index in [1.165, 1.54) is 6.07 Å². The van der Waals surface area contributed by atoms with E-state index < -0.39 is 23.5 Å². The van der Waals surface area contributed by atoms with Gasteiger partial charge in [-0.05, 0) is 66.0 Å². The zero-order chi connectivity index (χ0) is 30.5. The maximum absolute atomic E-state index is 13.0. The molecule has 0 aliphatic rings. The smallest absolute Gasteiger partial charge is 0.412 e. The van der Waals surface area contributed by atoms with Crippen LogP contribution in [0.3, 0.4) is 0 Å². The molecule has 0 saturated heterocycles. The second kappa shape index (κ2) is 12.8. The number of anilines is 3. The fourth-order valence-corrected chi connectivity index (χ4v) is 4.08. The molecule has 0 aliphatic carbocycles. The third kappa shape index (κ3) is 8.73. The highest BCUT2D eigenvalue weighted by Gasteiger charge is 2.20. The molecule has 0 atom stereocenters. The maximum atomic E-state index is 13.0. The van der Waals surface area contributed by atoms with E-state index in [9.17, 15) is 19.2 Å². The van der Waals surface area contributed by atoms with Crippen LogP contribution in [0.1, 0.15) is 58.7 Å². The minimum atomic E-state index is -0.653. The molecule has 13 nitrogen and oxygen atoms in total. The Labute approximate surface area is 239 Å². The molecule has 0 fully saturated rings. The van der Waals surface area contributed by atoms with Crippen molar-refractivity contribution in [1.29, 1.82) is 0 Å². The summed E-state index contributed by atoms with van der Waals surface area (Å²) in [6, 6.07) is 4.70. The molecule has 0 bridgehead atoms. The van der Waals surface area contributed by atoms with Gasteiger partial charge >= 0.3 is 6.09 Å². The number of amides is 4. The topological polar surface area (TPSA) is 144 Å². The molecular formula is C28H40N8O5. The highest BCUT2D eigenvalue weighted by Crippen LogP contribution is 2.20. The summed E-state index contributed by atoms with van der Waals surface area (Å²) >= 11 is 0.